The minimum atomic E-state index is -0.361. The molecule has 0 bridgehead atoms. The molecule has 1 saturated heterocycles. The average molecular weight is 261 g/mol. The van der Waals surface area contributed by atoms with Gasteiger partial charge in [0.05, 0.1) is 5.56 Å². The largest absolute Gasteiger partial charge is 0.308 e. The van der Waals surface area contributed by atoms with Gasteiger partial charge in [-0.05, 0) is 39.5 Å². The van der Waals surface area contributed by atoms with Gasteiger partial charge in [0.25, 0.3) is 0 Å². The van der Waals surface area contributed by atoms with Gasteiger partial charge in [0.1, 0.15) is 11.9 Å². The van der Waals surface area contributed by atoms with Crippen molar-refractivity contribution in [3.05, 3.63) is 35.1 Å². The van der Waals surface area contributed by atoms with Crippen LogP contribution in [0.2, 0.25) is 0 Å². The maximum Gasteiger partial charge on any atom is 0.145 e. The van der Waals surface area contributed by atoms with Crippen LogP contribution in [0.15, 0.2) is 18.2 Å². The molecule has 0 amide bonds. The lowest BCUT2D eigenvalue weighted by Gasteiger charge is -2.27. The number of nitrogens with zero attached hydrogens (tertiary/aromatic N) is 3. The van der Waals surface area contributed by atoms with Crippen LogP contribution in [0.4, 0.5) is 4.39 Å². The standard InChI is InChI=1S/C15H20FN3/c1-18(2)11-14-7-4-8-19(14)10-13-6-3-5-12(9-17)15(13)16/h3,5-6,14H,4,7-8,10-11H2,1-2H3. The van der Waals surface area contributed by atoms with Gasteiger partial charge in [-0.15, -0.1) is 0 Å². The molecule has 1 heterocycles. The molecule has 0 aliphatic carbocycles. The second kappa shape index (κ2) is 6.14. The van der Waals surface area contributed by atoms with Gasteiger partial charge in [-0.25, -0.2) is 4.39 Å². The van der Waals surface area contributed by atoms with Gasteiger partial charge in [-0.3, -0.25) is 4.90 Å². The van der Waals surface area contributed by atoms with E-state index in [-0.39, 0.29) is 11.4 Å². The summed E-state index contributed by atoms with van der Waals surface area (Å²) in [7, 11) is 4.13. The van der Waals surface area contributed by atoms with Crippen molar-refractivity contribution in [3.8, 4) is 6.07 Å². The fraction of sp³-hybridized carbons (Fsp3) is 0.533. The molecule has 1 aliphatic heterocycles. The van der Waals surface area contributed by atoms with Crippen LogP contribution >= 0.6 is 0 Å². The van der Waals surface area contributed by atoms with Crippen LogP contribution in [0, 0.1) is 17.1 Å². The fourth-order valence-electron chi connectivity index (χ4n) is 2.74. The lowest BCUT2D eigenvalue weighted by Crippen LogP contribution is -2.37. The number of nitriles is 1. The fourth-order valence-corrected chi connectivity index (χ4v) is 2.74. The zero-order chi connectivity index (χ0) is 13.8. The van der Waals surface area contributed by atoms with Crippen molar-refractivity contribution in [1.82, 2.24) is 9.80 Å². The van der Waals surface area contributed by atoms with Gasteiger partial charge < -0.3 is 4.90 Å². The first-order valence-corrected chi connectivity index (χ1v) is 6.68. The molecule has 102 valence electrons. The van der Waals surface area contributed by atoms with Gasteiger partial charge in [0.2, 0.25) is 0 Å². The summed E-state index contributed by atoms with van der Waals surface area (Å²) in [6.07, 6.45) is 2.33. The molecule has 2 rings (SSSR count). The molecule has 4 heteroatoms. The molecule has 1 fully saturated rings. The molecule has 0 radical (unpaired) electrons. The minimum absolute atomic E-state index is 0.140. The van der Waals surface area contributed by atoms with E-state index in [1.54, 1.807) is 12.1 Å². The monoisotopic (exact) mass is 261 g/mol. The molecule has 19 heavy (non-hydrogen) atoms. The van der Waals surface area contributed by atoms with Crippen molar-refractivity contribution in [2.24, 2.45) is 0 Å². The van der Waals surface area contributed by atoms with Crippen LogP contribution in [0.5, 0.6) is 0 Å². The molecule has 1 aromatic carbocycles. The van der Waals surface area contributed by atoms with Crippen LogP contribution in [0.25, 0.3) is 0 Å². The summed E-state index contributed by atoms with van der Waals surface area (Å²) in [6, 6.07) is 7.45. The molecule has 0 aromatic heterocycles. The minimum Gasteiger partial charge on any atom is -0.308 e. The first-order chi connectivity index (χ1) is 9.11. The Morgan fingerprint density at radius 3 is 2.95 bits per heavy atom. The maximum atomic E-state index is 14.1. The second-order valence-electron chi connectivity index (χ2n) is 5.42. The molecular formula is C15H20FN3. The molecule has 1 aliphatic rings. The number of halogens is 1. The van der Waals surface area contributed by atoms with Crippen molar-refractivity contribution in [1.29, 1.82) is 5.26 Å². The van der Waals surface area contributed by atoms with Crippen LogP contribution in [-0.2, 0) is 6.54 Å². The summed E-state index contributed by atoms with van der Waals surface area (Å²) < 4.78 is 14.1. The first kappa shape index (κ1) is 14.0. The van der Waals surface area contributed by atoms with Crippen molar-refractivity contribution >= 4 is 0 Å². The van der Waals surface area contributed by atoms with E-state index >= 15 is 0 Å². The first-order valence-electron chi connectivity index (χ1n) is 6.68. The Morgan fingerprint density at radius 1 is 1.47 bits per heavy atom. The predicted octanol–water partition coefficient (Wildman–Crippen LogP) is 2.22. The highest BCUT2D eigenvalue weighted by atomic mass is 19.1. The Kier molecular flexibility index (Phi) is 4.52. The Balaban J connectivity index is 2.10. The van der Waals surface area contributed by atoms with Gasteiger partial charge >= 0.3 is 0 Å². The number of rotatable bonds is 4. The highest BCUT2D eigenvalue weighted by Gasteiger charge is 2.25. The topological polar surface area (TPSA) is 30.3 Å². The van der Waals surface area contributed by atoms with Crippen molar-refractivity contribution in [2.45, 2.75) is 25.4 Å². The average Bonchev–Trinajstić information content (AvgIpc) is 2.78. The van der Waals surface area contributed by atoms with E-state index in [1.807, 2.05) is 6.07 Å². The maximum absolute atomic E-state index is 14.1. The van der Waals surface area contributed by atoms with Crippen molar-refractivity contribution < 1.29 is 4.39 Å². The van der Waals surface area contributed by atoms with Gasteiger partial charge in [0.15, 0.2) is 0 Å². The quantitative estimate of drug-likeness (QED) is 0.832. The zero-order valence-corrected chi connectivity index (χ0v) is 11.6. The molecule has 0 saturated carbocycles. The smallest absolute Gasteiger partial charge is 0.145 e. The molecule has 1 unspecified atom stereocenters. The number of likely N-dealkylation sites (N-methyl/N-ethyl adjacent to an activating group) is 1. The summed E-state index contributed by atoms with van der Waals surface area (Å²) in [6.45, 7) is 2.61. The third-order valence-electron chi connectivity index (χ3n) is 3.65. The highest BCUT2D eigenvalue weighted by molar-refractivity contribution is 5.35. The normalized spacial score (nSPS) is 19.8. The molecule has 1 aromatic rings. The predicted molar refractivity (Wildman–Crippen MR) is 73.1 cm³/mol. The van der Waals surface area contributed by atoms with Crippen LogP contribution in [-0.4, -0.2) is 43.0 Å². The number of benzene rings is 1. The summed E-state index contributed by atoms with van der Waals surface area (Å²) in [4.78, 5) is 4.49. The molecular weight excluding hydrogens is 241 g/mol. The van der Waals surface area contributed by atoms with E-state index in [1.165, 1.54) is 6.07 Å². The zero-order valence-electron chi connectivity index (χ0n) is 11.6. The lowest BCUT2D eigenvalue weighted by atomic mass is 10.1. The van der Waals surface area contributed by atoms with Gasteiger partial charge in [-0.2, -0.15) is 5.26 Å². The Labute approximate surface area is 114 Å². The van der Waals surface area contributed by atoms with Crippen molar-refractivity contribution in [3.63, 3.8) is 0 Å². The van der Waals surface area contributed by atoms with Crippen LogP contribution < -0.4 is 0 Å². The lowest BCUT2D eigenvalue weighted by molar-refractivity contribution is 0.199. The third kappa shape index (κ3) is 3.31. The van der Waals surface area contributed by atoms with E-state index in [2.05, 4.69) is 23.9 Å². The number of hydrogen-bond donors (Lipinski definition) is 0. The highest BCUT2D eigenvalue weighted by Crippen LogP contribution is 2.22. The van der Waals surface area contributed by atoms with Crippen LogP contribution in [0.3, 0.4) is 0 Å². The molecule has 0 spiro atoms. The number of likely N-dealkylation sites (tertiary alicyclic amines) is 1. The van der Waals surface area contributed by atoms with E-state index < -0.39 is 0 Å². The Morgan fingerprint density at radius 2 is 2.26 bits per heavy atom. The second-order valence-corrected chi connectivity index (χ2v) is 5.42. The third-order valence-corrected chi connectivity index (χ3v) is 3.65. The van der Waals surface area contributed by atoms with E-state index in [0.29, 0.717) is 18.2 Å². The molecule has 3 nitrogen and oxygen atoms in total. The van der Waals surface area contributed by atoms with Crippen molar-refractivity contribution in [2.75, 3.05) is 27.2 Å². The Hall–Kier alpha value is -1.44. The van der Waals surface area contributed by atoms with Crippen LogP contribution in [0.1, 0.15) is 24.0 Å². The SMILES string of the molecule is CN(C)CC1CCCN1Cc1cccc(C#N)c1F. The summed E-state index contributed by atoms with van der Waals surface area (Å²) in [5.74, 6) is -0.361. The molecule has 1 atom stereocenters. The van der Waals surface area contributed by atoms with E-state index in [0.717, 1.165) is 25.9 Å². The van der Waals surface area contributed by atoms with Gasteiger partial charge in [0, 0.05) is 24.7 Å². The van der Waals surface area contributed by atoms with E-state index in [9.17, 15) is 4.39 Å². The summed E-state index contributed by atoms with van der Waals surface area (Å²) >= 11 is 0. The Bertz CT molecular complexity index is 479. The summed E-state index contributed by atoms with van der Waals surface area (Å²) in [5.41, 5.74) is 0.769. The van der Waals surface area contributed by atoms with Gasteiger partial charge in [-0.1, -0.05) is 12.1 Å². The summed E-state index contributed by atoms with van der Waals surface area (Å²) in [5, 5.41) is 8.86. The number of hydrogen-bond acceptors (Lipinski definition) is 3. The van der Waals surface area contributed by atoms with E-state index in [4.69, 9.17) is 5.26 Å². The molecule has 0 N–H and O–H groups in total.